The minimum atomic E-state index is -3.34. The van der Waals surface area contributed by atoms with Gasteiger partial charge < -0.3 is 5.73 Å². The summed E-state index contributed by atoms with van der Waals surface area (Å²) in [6.07, 6.45) is 0.900. The van der Waals surface area contributed by atoms with E-state index in [0.717, 1.165) is 6.42 Å². The Bertz CT molecular complexity index is 319. The summed E-state index contributed by atoms with van der Waals surface area (Å²) in [7, 11) is -1.72. The maximum Gasteiger partial charge on any atom is 0.282 e. The average molecular weight is 249 g/mol. The van der Waals surface area contributed by atoms with Gasteiger partial charge in [0, 0.05) is 32.2 Å². The lowest BCUT2D eigenvalue weighted by atomic mass is 9.99. The fraction of sp³-hybridized carbons (Fsp3) is 1.00. The van der Waals surface area contributed by atoms with Crippen LogP contribution in [0.15, 0.2) is 0 Å². The number of hydrogen-bond acceptors (Lipinski definition) is 3. The molecule has 1 aliphatic heterocycles. The van der Waals surface area contributed by atoms with Gasteiger partial charge in [0.25, 0.3) is 10.2 Å². The van der Waals surface area contributed by atoms with Gasteiger partial charge in [0.1, 0.15) is 0 Å². The van der Waals surface area contributed by atoms with Gasteiger partial charge >= 0.3 is 0 Å². The molecule has 2 atom stereocenters. The van der Waals surface area contributed by atoms with Crippen LogP contribution in [0, 0.1) is 5.92 Å². The van der Waals surface area contributed by atoms with Crippen molar-refractivity contribution >= 4 is 10.2 Å². The second kappa shape index (κ2) is 5.00. The summed E-state index contributed by atoms with van der Waals surface area (Å²) in [5.41, 5.74) is 5.86. The Hall–Kier alpha value is -0.170. The van der Waals surface area contributed by atoms with Crippen molar-refractivity contribution < 1.29 is 8.42 Å². The third kappa shape index (κ3) is 2.94. The molecule has 6 heteroatoms. The van der Waals surface area contributed by atoms with Crippen LogP contribution in [0.4, 0.5) is 0 Å². The molecule has 0 aromatic rings. The molecular formula is C10H23N3O2S. The molecule has 0 saturated carbocycles. The Labute approximate surface area is 98.8 Å². The highest BCUT2D eigenvalue weighted by molar-refractivity contribution is 7.86. The van der Waals surface area contributed by atoms with Crippen LogP contribution < -0.4 is 5.73 Å². The third-order valence-electron chi connectivity index (χ3n) is 3.08. The highest BCUT2D eigenvalue weighted by atomic mass is 32.2. The minimum Gasteiger partial charge on any atom is -0.326 e. The van der Waals surface area contributed by atoms with Crippen LogP contribution in [0.1, 0.15) is 27.2 Å². The van der Waals surface area contributed by atoms with Crippen molar-refractivity contribution in [1.82, 2.24) is 8.61 Å². The summed E-state index contributed by atoms with van der Waals surface area (Å²) in [5.74, 6) is 0.332. The zero-order valence-corrected chi connectivity index (χ0v) is 11.4. The van der Waals surface area contributed by atoms with Gasteiger partial charge in [-0.3, -0.25) is 0 Å². The number of hydrogen-bond donors (Lipinski definition) is 1. The van der Waals surface area contributed by atoms with E-state index in [9.17, 15) is 8.42 Å². The Morgan fingerprint density at radius 1 is 1.38 bits per heavy atom. The predicted octanol–water partition coefficient (Wildman–Crippen LogP) is 0.241. The van der Waals surface area contributed by atoms with E-state index in [1.54, 1.807) is 7.05 Å². The predicted molar refractivity (Wildman–Crippen MR) is 65.1 cm³/mol. The fourth-order valence-electron chi connectivity index (χ4n) is 1.99. The van der Waals surface area contributed by atoms with E-state index in [-0.39, 0.29) is 12.1 Å². The number of nitrogens with zero attached hydrogens (tertiary/aromatic N) is 2. The summed E-state index contributed by atoms with van der Waals surface area (Å²) in [6.45, 7) is 6.78. The van der Waals surface area contributed by atoms with Crippen LogP contribution in [0.5, 0.6) is 0 Å². The van der Waals surface area contributed by atoms with Gasteiger partial charge in [-0.25, -0.2) is 0 Å². The van der Waals surface area contributed by atoms with Crippen LogP contribution in [0.25, 0.3) is 0 Å². The summed E-state index contributed by atoms with van der Waals surface area (Å²) in [4.78, 5) is 0. The Morgan fingerprint density at radius 2 is 1.94 bits per heavy atom. The second-order valence-electron chi connectivity index (χ2n) is 5.04. The largest absolute Gasteiger partial charge is 0.326 e. The molecule has 0 amide bonds. The molecule has 0 aliphatic carbocycles. The van der Waals surface area contributed by atoms with Crippen molar-refractivity contribution in [3.05, 3.63) is 0 Å². The molecule has 1 saturated heterocycles. The van der Waals surface area contributed by atoms with Gasteiger partial charge in [-0.2, -0.15) is 17.0 Å². The van der Waals surface area contributed by atoms with Gasteiger partial charge in [-0.1, -0.05) is 6.92 Å². The zero-order chi connectivity index (χ0) is 12.5. The molecule has 1 fully saturated rings. The van der Waals surface area contributed by atoms with Crippen molar-refractivity contribution in [2.75, 3.05) is 20.1 Å². The molecule has 0 spiro atoms. The lowest BCUT2D eigenvalue weighted by Crippen LogP contribution is -2.53. The van der Waals surface area contributed by atoms with E-state index in [4.69, 9.17) is 5.73 Å². The Morgan fingerprint density at radius 3 is 2.38 bits per heavy atom. The normalized spacial score (nSPS) is 28.9. The van der Waals surface area contributed by atoms with E-state index < -0.39 is 10.2 Å². The number of nitrogens with two attached hydrogens (primary N) is 1. The number of piperidine rings is 1. The van der Waals surface area contributed by atoms with Crippen LogP contribution in [0.3, 0.4) is 0 Å². The topological polar surface area (TPSA) is 66.6 Å². The average Bonchev–Trinajstić information content (AvgIpc) is 2.14. The molecule has 96 valence electrons. The van der Waals surface area contributed by atoms with Gasteiger partial charge in [0.05, 0.1) is 0 Å². The lowest BCUT2D eigenvalue weighted by molar-refractivity contribution is 0.235. The van der Waals surface area contributed by atoms with E-state index in [1.165, 1.54) is 8.61 Å². The van der Waals surface area contributed by atoms with Gasteiger partial charge in [0.2, 0.25) is 0 Å². The highest BCUT2D eigenvalue weighted by Crippen LogP contribution is 2.20. The van der Waals surface area contributed by atoms with Gasteiger partial charge in [0.15, 0.2) is 0 Å². The molecule has 1 rings (SSSR count). The minimum absolute atomic E-state index is 0.0292. The first-order chi connectivity index (χ1) is 7.25. The van der Waals surface area contributed by atoms with E-state index in [0.29, 0.717) is 19.0 Å². The molecule has 0 bridgehead atoms. The van der Waals surface area contributed by atoms with Crippen LogP contribution >= 0.6 is 0 Å². The van der Waals surface area contributed by atoms with Crippen molar-refractivity contribution in [1.29, 1.82) is 0 Å². The first-order valence-corrected chi connectivity index (χ1v) is 7.13. The van der Waals surface area contributed by atoms with Crippen molar-refractivity contribution in [2.24, 2.45) is 11.7 Å². The molecular weight excluding hydrogens is 226 g/mol. The van der Waals surface area contributed by atoms with Crippen LogP contribution in [0.2, 0.25) is 0 Å². The maximum absolute atomic E-state index is 12.2. The van der Waals surface area contributed by atoms with Crippen molar-refractivity contribution in [3.63, 3.8) is 0 Å². The molecule has 1 aliphatic rings. The summed E-state index contributed by atoms with van der Waals surface area (Å²) in [5, 5.41) is 0. The van der Waals surface area contributed by atoms with Gasteiger partial charge in [-0.05, 0) is 26.2 Å². The monoisotopic (exact) mass is 249 g/mol. The third-order valence-corrected chi connectivity index (χ3v) is 5.18. The highest BCUT2D eigenvalue weighted by Gasteiger charge is 2.34. The van der Waals surface area contributed by atoms with Crippen LogP contribution in [-0.4, -0.2) is 49.2 Å². The summed E-state index contributed by atoms with van der Waals surface area (Å²) < 4.78 is 27.3. The summed E-state index contributed by atoms with van der Waals surface area (Å²) in [6, 6.07) is -0.0717. The molecule has 0 aromatic heterocycles. The smallest absolute Gasteiger partial charge is 0.282 e. The standard InChI is InChI=1S/C10H23N3O2S/c1-8(2)12(4)16(14,15)13-6-9(3)5-10(11)7-13/h8-10H,5-7,11H2,1-4H3. The Balaban J connectivity index is 2.83. The van der Waals surface area contributed by atoms with Crippen LogP contribution in [-0.2, 0) is 10.2 Å². The lowest BCUT2D eigenvalue weighted by Gasteiger charge is -2.37. The quantitative estimate of drug-likeness (QED) is 0.779. The molecule has 2 N–H and O–H groups in total. The first-order valence-electron chi connectivity index (χ1n) is 5.73. The molecule has 2 unspecified atom stereocenters. The van der Waals surface area contributed by atoms with E-state index in [2.05, 4.69) is 0 Å². The van der Waals surface area contributed by atoms with Crippen molar-refractivity contribution in [3.8, 4) is 0 Å². The molecule has 0 aromatic carbocycles. The molecule has 1 heterocycles. The molecule has 16 heavy (non-hydrogen) atoms. The zero-order valence-electron chi connectivity index (χ0n) is 10.5. The van der Waals surface area contributed by atoms with Crippen molar-refractivity contribution in [2.45, 2.75) is 39.3 Å². The second-order valence-corrected chi connectivity index (χ2v) is 7.02. The van der Waals surface area contributed by atoms with E-state index >= 15 is 0 Å². The summed E-state index contributed by atoms with van der Waals surface area (Å²) >= 11 is 0. The fourth-order valence-corrected chi connectivity index (χ4v) is 3.71. The first kappa shape index (κ1) is 13.9. The maximum atomic E-state index is 12.2. The Kier molecular flexibility index (Phi) is 4.34. The molecule has 0 radical (unpaired) electrons. The molecule has 5 nitrogen and oxygen atoms in total. The van der Waals surface area contributed by atoms with Gasteiger partial charge in [-0.15, -0.1) is 0 Å². The SMILES string of the molecule is CC1CC(N)CN(S(=O)(=O)N(C)C(C)C)C1. The number of rotatable bonds is 3. The van der Waals surface area contributed by atoms with E-state index in [1.807, 2.05) is 20.8 Å².